The average molecular weight is 233 g/mol. The van der Waals surface area contributed by atoms with Gasteiger partial charge in [0.25, 0.3) is 0 Å². The summed E-state index contributed by atoms with van der Waals surface area (Å²) in [6.07, 6.45) is 5.20. The highest BCUT2D eigenvalue weighted by Gasteiger charge is 2.15. The van der Waals surface area contributed by atoms with E-state index in [1.54, 1.807) is 0 Å². The molecule has 1 aromatic rings. The van der Waals surface area contributed by atoms with Gasteiger partial charge in [0.1, 0.15) is 0 Å². The van der Waals surface area contributed by atoms with Crippen molar-refractivity contribution < 1.29 is 0 Å². The molecule has 1 fully saturated rings. The van der Waals surface area contributed by atoms with Crippen LogP contribution in [0, 0.1) is 23.7 Å². The molecule has 1 aromatic carbocycles. The highest BCUT2D eigenvalue weighted by molar-refractivity contribution is 6.30. The van der Waals surface area contributed by atoms with Crippen molar-refractivity contribution in [2.24, 2.45) is 11.8 Å². The van der Waals surface area contributed by atoms with Crippen molar-refractivity contribution in [1.82, 2.24) is 0 Å². The third-order valence-corrected chi connectivity index (χ3v) is 3.53. The Morgan fingerprint density at radius 2 is 1.69 bits per heavy atom. The van der Waals surface area contributed by atoms with E-state index < -0.39 is 0 Å². The molecule has 0 nitrogen and oxygen atoms in total. The van der Waals surface area contributed by atoms with Crippen molar-refractivity contribution in [3.8, 4) is 11.8 Å². The first-order chi connectivity index (χ1) is 7.74. The molecule has 0 aliphatic heterocycles. The molecule has 0 radical (unpaired) electrons. The van der Waals surface area contributed by atoms with Crippen molar-refractivity contribution in [3.63, 3.8) is 0 Å². The zero-order valence-corrected chi connectivity index (χ0v) is 10.4. The van der Waals surface area contributed by atoms with Gasteiger partial charge in [-0.2, -0.15) is 0 Å². The number of hydrogen-bond donors (Lipinski definition) is 0. The van der Waals surface area contributed by atoms with Gasteiger partial charge < -0.3 is 0 Å². The molecule has 0 amide bonds. The lowest BCUT2D eigenvalue weighted by molar-refractivity contribution is 0.337. The van der Waals surface area contributed by atoms with E-state index in [1.165, 1.54) is 25.7 Å². The Morgan fingerprint density at radius 3 is 2.31 bits per heavy atom. The molecule has 16 heavy (non-hydrogen) atoms. The maximum atomic E-state index is 5.83. The first-order valence-electron chi connectivity index (χ1n) is 6.01. The van der Waals surface area contributed by atoms with Crippen LogP contribution in [0.15, 0.2) is 24.3 Å². The fourth-order valence-corrected chi connectivity index (χ4v) is 2.25. The van der Waals surface area contributed by atoms with Crippen molar-refractivity contribution in [2.75, 3.05) is 0 Å². The van der Waals surface area contributed by atoms with Gasteiger partial charge in [0.05, 0.1) is 0 Å². The Bertz CT molecular complexity index is 386. The van der Waals surface area contributed by atoms with Crippen LogP contribution in [0.5, 0.6) is 0 Å². The summed E-state index contributed by atoms with van der Waals surface area (Å²) in [6, 6.07) is 7.77. The van der Waals surface area contributed by atoms with E-state index >= 15 is 0 Å². The van der Waals surface area contributed by atoms with Crippen LogP contribution in [0.1, 0.15) is 38.2 Å². The van der Waals surface area contributed by atoms with Gasteiger partial charge in [0, 0.05) is 16.5 Å². The summed E-state index contributed by atoms with van der Waals surface area (Å²) in [5.74, 6) is 8.13. The molecule has 0 unspecified atom stereocenters. The van der Waals surface area contributed by atoms with Crippen LogP contribution < -0.4 is 0 Å². The van der Waals surface area contributed by atoms with Crippen LogP contribution in [-0.2, 0) is 0 Å². The molecule has 1 aliphatic rings. The van der Waals surface area contributed by atoms with Crippen LogP contribution in [0.2, 0.25) is 5.02 Å². The summed E-state index contributed by atoms with van der Waals surface area (Å²) in [5, 5.41) is 0.775. The van der Waals surface area contributed by atoms with Gasteiger partial charge in [-0.1, -0.05) is 30.4 Å². The third-order valence-electron chi connectivity index (χ3n) is 3.28. The molecular weight excluding hydrogens is 216 g/mol. The molecule has 2 rings (SSSR count). The van der Waals surface area contributed by atoms with Crippen LogP contribution in [0.4, 0.5) is 0 Å². The lowest BCUT2D eigenvalue weighted by Crippen LogP contribution is -2.10. The smallest absolute Gasteiger partial charge is 0.0406 e. The highest BCUT2D eigenvalue weighted by Crippen LogP contribution is 2.27. The predicted octanol–water partition coefficient (Wildman–Crippen LogP) is 4.52. The van der Waals surface area contributed by atoms with E-state index in [0.717, 1.165) is 16.5 Å². The summed E-state index contributed by atoms with van der Waals surface area (Å²) in [4.78, 5) is 0. The Labute approximate surface area is 103 Å². The van der Waals surface area contributed by atoms with Gasteiger partial charge in [-0.15, -0.1) is 0 Å². The quantitative estimate of drug-likeness (QED) is 0.577. The van der Waals surface area contributed by atoms with Crippen molar-refractivity contribution in [3.05, 3.63) is 34.9 Å². The third kappa shape index (κ3) is 3.29. The Balaban J connectivity index is 1.96. The van der Waals surface area contributed by atoms with Crippen molar-refractivity contribution in [1.29, 1.82) is 0 Å². The maximum absolute atomic E-state index is 5.83. The molecule has 84 valence electrons. The van der Waals surface area contributed by atoms with Crippen LogP contribution in [0.25, 0.3) is 0 Å². The van der Waals surface area contributed by atoms with Gasteiger partial charge in [-0.3, -0.25) is 0 Å². The second-order valence-electron chi connectivity index (χ2n) is 4.73. The molecule has 0 spiro atoms. The number of rotatable bonds is 0. The van der Waals surface area contributed by atoms with Gasteiger partial charge in [-0.25, -0.2) is 0 Å². The minimum atomic E-state index is 0.604. The first-order valence-corrected chi connectivity index (χ1v) is 6.39. The van der Waals surface area contributed by atoms with Gasteiger partial charge in [-0.05, 0) is 55.9 Å². The van der Waals surface area contributed by atoms with E-state index in [1.807, 2.05) is 24.3 Å². The maximum Gasteiger partial charge on any atom is 0.0406 e. The van der Waals surface area contributed by atoms with Crippen molar-refractivity contribution in [2.45, 2.75) is 32.6 Å². The largest absolute Gasteiger partial charge is 0.0945 e. The van der Waals surface area contributed by atoms with Crippen LogP contribution in [-0.4, -0.2) is 0 Å². The second kappa shape index (κ2) is 5.41. The van der Waals surface area contributed by atoms with E-state index in [4.69, 9.17) is 11.6 Å². The summed E-state index contributed by atoms with van der Waals surface area (Å²) >= 11 is 5.83. The molecule has 0 aromatic heterocycles. The SMILES string of the molecule is CC1CCC(C#Cc2ccc(Cl)cc2)CC1. The molecule has 0 heterocycles. The number of hydrogen-bond acceptors (Lipinski definition) is 0. The summed E-state index contributed by atoms with van der Waals surface area (Å²) in [5.41, 5.74) is 1.07. The fourth-order valence-electron chi connectivity index (χ4n) is 2.12. The minimum Gasteiger partial charge on any atom is -0.0945 e. The van der Waals surface area contributed by atoms with E-state index in [2.05, 4.69) is 18.8 Å². The standard InChI is InChI=1S/C15H17Cl/c1-12-2-4-13(5-3-12)6-7-14-8-10-15(16)11-9-14/h8-13H,2-5H2,1H3. The zero-order chi connectivity index (χ0) is 11.4. The fraction of sp³-hybridized carbons (Fsp3) is 0.467. The Morgan fingerprint density at radius 1 is 1.06 bits per heavy atom. The average Bonchev–Trinajstić information content (AvgIpc) is 2.30. The zero-order valence-electron chi connectivity index (χ0n) is 9.67. The summed E-state index contributed by atoms with van der Waals surface area (Å²) in [7, 11) is 0. The molecule has 0 saturated heterocycles. The van der Waals surface area contributed by atoms with E-state index in [0.29, 0.717) is 5.92 Å². The second-order valence-corrected chi connectivity index (χ2v) is 5.17. The topological polar surface area (TPSA) is 0 Å². The lowest BCUT2D eigenvalue weighted by atomic mass is 9.83. The number of benzene rings is 1. The molecule has 1 heteroatoms. The lowest BCUT2D eigenvalue weighted by Gasteiger charge is -2.21. The molecule has 1 saturated carbocycles. The minimum absolute atomic E-state index is 0.604. The van der Waals surface area contributed by atoms with E-state index in [9.17, 15) is 0 Å². The predicted molar refractivity (Wildman–Crippen MR) is 69.5 cm³/mol. The molecule has 1 aliphatic carbocycles. The van der Waals surface area contributed by atoms with Gasteiger partial charge in [0.2, 0.25) is 0 Å². The van der Waals surface area contributed by atoms with Crippen LogP contribution >= 0.6 is 11.6 Å². The monoisotopic (exact) mass is 232 g/mol. The van der Waals surface area contributed by atoms with Gasteiger partial charge in [0.15, 0.2) is 0 Å². The molecule has 0 atom stereocenters. The van der Waals surface area contributed by atoms with E-state index in [-0.39, 0.29) is 0 Å². The molecule has 0 N–H and O–H groups in total. The summed E-state index contributed by atoms with van der Waals surface area (Å²) in [6.45, 7) is 2.34. The summed E-state index contributed by atoms with van der Waals surface area (Å²) < 4.78 is 0. The Hall–Kier alpha value is -0.930. The number of halogens is 1. The highest BCUT2D eigenvalue weighted by atomic mass is 35.5. The Kier molecular flexibility index (Phi) is 3.91. The first kappa shape index (κ1) is 11.6. The normalized spacial score (nSPS) is 24.6. The molecular formula is C15H17Cl. The molecule has 0 bridgehead atoms. The van der Waals surface area contributed by atoms with Gasteiger partial charge >= 0.3 is 0 Å². The van der Waals surface area contributed by atoms with Crippen LogP contribution in [0.3, 0.4) is 0 Å². The van der Waals surface area contributed by atoms with Crippen molar-refractivity contribution >= 4 is 11.6 Å².